The third-order valence-corrected chi connectivity index (χ3v) is 2.95. The lowest BCUT2D eigenvalue weighted by Crippen LogP contribution is -2.11. The topological polar surface area (TPSA) is 43.8 Å². The zero-order chi connectivity index (χ0) is 10.8. The van der Waals surface area contributed by atoms with Gasteiger partial charge in [-0.25, -0.2) is 4.68 Å². The molecule has 4 heteroatoms. The van der Waals surface area contributed by atoms with Crippen LogP contribution in [0.25, 0.3) is 0 Å². The maximum atomic E-state index is 5.80. The molecule has 1 atom stereocenters. The van der Waals surface area contributed by atoms with Crippen molar-refractivity contribution in [3.05, 3.63) is 46.6 Å². The summed E-state index contributed by atoms with van der Waals surface area (Å²) in [5, 5.41) is 4.19. The first kappa shape index (κ1) is 10.2. The highest BCUT2D eigenvalue weighted by Crippen LogP contribution is 2.21. The molecule has 2 aromatic rings. The first-order valence-corrected chi connectivity index (χ1v) is 5.52. The Bertz CT molecular complexity index is 447. The van der Waals surface area contributed by atoms with Crippen LogP contribution < -0.4 is 5.73 Å². The van der Waals surface area contributed by atoms with Crippen molar-refractivity contribution < 1.29 is 0 Å². The first-order valence-electron chi connectivity index (χ1n) is 4.73. The zero-order valence-electron chi connectivity index (χ0n) is 8.39. The number of anilines is 1. The van der Waals surface area contributed by atoms with Gasteiger partial charge in [-0.15, -0.1) is 0 Å². The minimum absolute atomic E-state index is 0.160. The van der Waals surface area contributed by atoms with Gasteiger partial charge in [0.2, 0.25) is 0 Å². The van der Waals surface area contributed by atoms with E-state index >= 15 is 0 Å². The van der Waals surface area contributed by atoms with E-state index in [4.69, 9.17) is 5.73 Å². The molecule has 15 heavy (non-hydrogen) atoms. The van der Waals surface area contributed by atoms with Crippen LogP contribution in [0.15, 0.2) is 41.0 Å². The van der Waals surface area contributed by atoms with Gasteiger partial charge < -0.3 is 5.73 Å². The van der Waals surface area contributed by atoms with Crippen LogP contribution in [-0.4, -0.2) is 9.78 Å². The predicted octanol–water partition coefficient (Wildman–Crippen LogP) is 2.84. The average molecular weight is 266 g/mol. The summed E-state index contributed by atoms with van der Waals surface area (Å²) in [5.74, 6) is 0.686. The van der Waals surface area contributed by atoms with Crippen LogP contribution in [0.2, 0.25) is 0 Å². The van der Waals surface area contributed by atoms with Crippen molar-refractivity contribution in [2.45, 2.75) is 13.0 Å². The van der Waals surface area contributed by atoms with Crippen LogP contribution in [0.4, 0.5) is 5.82 Å². The van der Waals surface area contributed by atoms with Crippen molar-refractivity contribution in [3.63, 3.8) is 0 Å². The number of hydrogen-bond donors (Lipinski definition) is 1. The Morgan fingerprint density at radius 1 is 1.27 bits per heavy atom. The van der Waals surface area contributed by atoms with E-state index in [0.29, 0.717) is 5.82 Å². The lowest BCUT2D eigenvalue weighted by atomic mass is 10.1. The molecule has 0 aliphatic rings. The number of nitrogens with zero attached hydrogens (tertiary/aromatic N) is 2. The lowest BCUT2D eigenvalue weighted by molar-refractivity contribution is 0.573. The number of benzene rings is 1. The SMILES string of the molecule is CC(c1ccc(Br)cc1)n1nccc1N. The molecule has 0 bridgehead atoms. The molecule has 0 aliphatic heterocycles. The molecule has 3 nitrogen and oxygen atoms in total. The summed E-state index contributed by atoms with van der Waals surface area (Å²) in [6.45, 7) is 2.08. The number of aromatic nitrogens is 2. The molecular formula is C11H12BrN3. The summed E-state index contributed by atoms with van der Waals surface area (Å²) in [7, 11) is 0. The predicted molar refractivity (Wildman–Crippen MR) is 64.6 cm³/mol. The van der Waals surface area contributed by atoms with Gasteiger partial charge in [0.1, 0.15) is 5.82 Å². The fourth-order valence-electron chi connectivity index (χ4n) is 1.53. The fourth-order valence-corrected chi connectivity index (χ4v) is 1.79. The molecule has 1 aromatic carbocycles. The van der Waals surface area contributed by atoms with Crippen LogP contribution in [0.1, 0.15) is 18.5 Å². The second-order valence-corrected chi connectivity index (χ2v) is 4.34. The summed E-state index contributed by atoms with van der Waals surface area (Å²) in [6, 6.07) is 10.1. The third kappa shape index (κ3) is 2.04. The molecule has 2 N–H and O–H groups in total. The van der Waals surface area contributed by atoms with Gasteiger partial charge in [0.15, 0.2) is 0 Å². The smallest absolute Gasteiger partial charge is 0.122 e. The second kappa shape index (κ2) is 4.06. The van der Waals surface area contributed by atoms with Gasteiger partial charge in [0, 0.05) is 4.47 Å². The van der Waals surface area contributed by atoms with Crippen LogP contribution >= 0.6 is 15.9 Å². The van der Waals surface area contributed by atoms with E-state index in [1.807, 2.05) is 16.8 Å². The highest BCUT2D eigenvalue weighted by Gasteiger charge is 2.09. The number of hydrogen-bond acceptors (Lipinski definition) is 2. The van der Waals surface area contributed by atoms with Gasteiger partial charge in [-0.2, -0.15) is 5.10 Å². The second-order valence-electron chi connectivity index (χ2n) is 3.43. The van der Waals surface area contributed by atoms with Crippen molar-refractivity contribution in [1.29, 1.82) is 0 Å². The Morgan fingerprint density at radius 3 is 2.47 bits per heavy atom. The first-order chi connectivity index (χ1) is 7.18. The van der Waals surface area contributed by atoms with Crippen molar-refractivity contribution in [2.75, 3.05) is 5.73 Å². The Labute approximate surface area is 97.0 Å². The van der Waals surface area contributed by atoms with Crippen LogP contribution in [0, 0.1) is 0 Å². The highest BCUT2D eigenvalue weighted by molar-refractivity contribution is 9.10. The third-order valence-electron chi connectivity index (χ3n) is 2.42. The summed E-state index contributed by atoms with van der Waals surface area (Å²) >= 11 is 3.41. The molecule has 1 aromatic heterocycles. The molecule has 0 aliphatic carbocycles. The van der Waals surface area contributed by atoms with E-state index in [2.05, 4.69) is 40.1 Å². The Morgan fingerprint density at radius 2 is 1.93 bits per heavy atom. The zero-order valence-corrected chi connectivity index (χ0v) is 9.98. The fraction of sp³-hybridized carbons (Fsp3) is 0.182. The maximum absolute atomic E-state index is 5.80. The number of nitrogen functional groups attached to an aromatic ring is 1. The molecular weight excluding hydrogens is 254 g/mol. The standard InChI is InChI=1S/C11H12BrN3/c1-8(15-11(13)6-7-14-15)9-2-4-10(12)5-3-9/h2-8H,13H2,1H3. The molecule has 0 radical (unpaired) electrons. The Hall–Kier alpha value is -1.29. The van der Waals surface area contributed by atoms with E-state index in [-0.39, 0.29) is 6.04 Å². The van der Waals surface area contributed by atoms with E-state index in [9.17, 15) is 0 Å². The summed E-state index contributed by atoms with van der Waals surface area (Å²) in [5.41, 5.74) is 6.99. The van der Waals surface area contributed by atoms with Crippen LogP contribution in [-0.2, 0) is 0 Å². The normalized spacial score (nSPS) is 12.7. The molecule has 1 heterocycles. The average Bonchev–Trinajstić information content (AvgIpc) is 2.65. The molecule has 0 amide bonds. The molecule has 0 saturated carbocycles. The highest BCUT2D eigenvalue weighted by atomic mass is 79.9. The largest absolute Gasteiger partial charge is 0.384 e. The molecule has 2 rings (SSSR count). The number of nitrogens with two attached hydrogens (primary N) is 1. The minimum atomic E-state index is 0.160. The van der Waals surface area contributed by atoms with Crippen molar-refractivity contribution in [2.24, 2.45) is 0 Å². The van der Waals surface area contributed by atoms with Crippen LogP contribution in [0.5, 0.6) is 0 Å². The Balaban J connectivity index is 2.32. The van der Waals surface area contributed by atoms with E-state index in [1.165, 1.54) is 5.56 Å². The summed E-state index contributed by atoms with van der Waals surface area (Å²) < 4.78 is 2.88. The minimum Gasteiger partial charge on any atom is -0.384 e. The summed E-state index contributed by atoms with van der Waals surface area (Å²) in [6.07, 6.45) is 1.71. The van der Waals surface area contributed by atoms with E-state index < -0.39 is 0 Å². The quantitative estimate of drug-likeness (QED) is 0.908. The number of rotatable bonds is 2. The van der Waals surface area contributed by atoms with Gasteiger partial charge in [0.05, 0.1) is 12.2 Å². The van der Waals surface area contributed by atoms with Gasteiger partial charge in [-0.05, 0) is 30.7 Å². The van der Waals surface area contributed by atoms with E-state index in [1.54, 1.807) is 12.3 Å². The molecule has 0 spiro atoms. The van der Waals surface area contributed by atoms with Crippen molar-refractivity contribution in [1.82, 2.24) is 9.78 Å². The lowest BCUT2D eigenvalue weighted by Gasteiger charge is -2.14. The van der Waals surface area contributed by atoms with Gasteiger partial charge in [0.25, 0.3) is 0 Å². The van der Waals surface area contributed by atoms with E-state index in [0.717, 1.165) is 4.47 Å². The molecule has 0 saturated heterocycles. The number of halogens is 1. The van der Waals surface area contributed by atoms with Gasteiger partial charge >= 0.3 is 0 Å². The van der Waals surface area contributed by atoms with Crippen LogP contribution in [0.3, 0.4) is 0 Å². The Kier molecular flexibility index (Phi) is 2.77. The maximum Gasteiger partial charge on any atom is 0.122 e. The molecule has 1 unspecified atom stereocenters. The van der Waals surface area contributed by atoms with Gasteiger partial charge in [-0.3, -0.25) is 0 Å². The van der Waals surface area contributed by atoms with Crippen molar-refractivity contribution >= 4 is 21.7 Å². The molecule has 0 fully saturated rings. The van der Waals surface area contributed by atoms with Crippen molar-refractivity contribution in [3.8, 4) is 0 Å². The summed E-state index contributed by atoms with van der Waals surface area (Å²) in [4.78, 5) is 0. The monoisotopic (exact) mass is 265 g/mol. The molecule has 78 valence electrons. The van der Waals surface area contributed by atoms with Gasteiger partial charge in [-0.1, -0.05) is 28.1 Å².